The van der Waals surface area contributed by atoms with Crippen molar-refractivity contribution >= 4 is 11.5 Å². The summed E-state index contributed by atoms with van der Waals surface area (Å²) in [5.41, 5.74) is 5.23. The van der Waals surface area contributed by atoms with E-state index in [1.165, 1.54) is 17.6 Å². The second kappa shape index (κ2) is 5.92. The highest BCUT2D eigenvalue weighted by Crippen LogP contribution is 2.41. The molecule has 3 rings (SSSR count). The van der Waals surface area contributed by atoms with E-state index in [-0.39, 0.29) is 18.5 Å². The van der Waals surface area contributed by atoms with Gasteiger partial charge in [0.1, 0.15) is 29.7 Å². The topological polar surface area (TPSA) is 128 Å². The lowest BCUT2D eigenvalue weighted by Gasteiger charge is -2.26. The average molecular weight is 337 g/mol. The van der Waals surface area contributed by atoms with Crippen LogP contribution in [0.1, 0.15) is 38.4 Å². The number of aliphatic hydroxyl groups excluding tert-OH is 1. The number of fused-ring (bicyclic) bond motifs is 1. The van der Waals surface area contributed by atoms with Crippen LogP contribution < -0.4 is 5.73 Å². The van der Waals surface area contributed by atoms with Crippen molar-refractivity contribution in [2.45, 2.75) is 57.7 Å². The highest BCUT2D eigenvalue weighted by Gasteiger charge is 2.53. The van der Waals surface area contributed by atoms with E-state index in [9.17, 15) is 10.2 Å². The van der Waals surface area contributed by atoms with Crippen molar-refractivity contribution in [1.29, 1.82) is 0 Å². The molecule has 9 heteroatoms. The number of hydrogen-bond acceptors (Lipinski definition) is 8. The van der Waals surface area contributed by atoms with E-state index in [1.54, 1.807) is 6.92 Å². The molecular weight excluding hydrogens is 314 g/mol. The van der Waals surface area contributed by atoms with Crippen LogP contribution in [0, 0.1) is 6.92 Å². The normalized spacial score (nSPS) is 30.5. The minimum absolute atomic E-state index is 0.00390. The van der Waals surface area contributed by atoms with Gasteiger partial charge in [0, 0.05) is 0 Å². The Labute approximate surface area is 139 Å². The van der Waals surface area contributed by atoms with E-state index < -0.39 is 23.9 Å². The Morgan fingerprint density at radius 2 is 2.21 bits per heavy atom. The predicted molar refractivity (Wildman–Crippen MR) is 85.3 cm³/mol. The molecule has 0 amide bonds. The van der Waals surface area contributed by atoms with Gasteiger partial charge in [-0.2, -0.15) is 5.10 Å². The zero-order valence-electron chi connectivity index (χ0n) is 14.2. The summed E-state index contributed by atoms with van der Waals surface area (Å²) in [7, 11) is 0. The summed E-state index contributed by atoms with van der Waals surface area (Å²) in [6.07, 6.45) is -1.06. The van der Waals surface area contributed by atoms with Crippen molar-refractivity contribution in [3.05, 3.63) is 17.7 Å². The molecule has 1 saturated heterocycles. The molecule has 3 heterocycles. The minimum atomic E-state index is -1.52. The number of imidazole rings is 1. The second-order valence-corrected chi connectivity index (χ2v) is 6.57. The highest BCUT2D eigenvalue weighted by atomic mass is 16.6. The number of nitrogens with zero attached hydrogens (tertiary/aromatic N) is 4. The molecule has 9 nitrogen and oxygen atoms in total. The van der Waals surface area contributed by atoms with Crippen LogP contribution >= 0.6 is 0 Å². The standard InChI is InChI=1S/C15H23N5O4/c1-7(2)23-6-10-11(21)15(4,22)12(24-10)9-5-17-14-13(16)18-8(3)19-20(9)14/h5,7,10-12,21-22H,6H2,1-4H3,(H2,16,18,19)/t10-,11-,12+,15-/m1/s1. The van der Waals surface area contributed by atoms with Crippen LogP contribution in [0.2, 0.25) is 0 Å². The van der Waals surface area contributed by atoms with Crippen LogP contribution in [-0.4, -0.2) is 60.3 Å². The highest BCUT2D eigenvalue weighted by molar-refractivity contribution is 5.59. The summed E-state index contributed by atoms with van der Waals surface area (Å²) < 4.78 is 12.9. The minimum Gasteiger partial charge on any atom is -0.387 e. The number of ether oxygens (including phenoxy) is 2. The van der Waals surface area contributed by atoms with Gasteiger partial charge in [-0.3, -0.25) is 0 Å². The van der Waals surface area contributed by atoms with E-state index >= 15 is 0 Å². The van der Waals surface area contributed by atoms with Crippen LogP contribution in [0.3, 0.4) is 0 Å². The fourth-order valence-electron chi connectivity index (χ4n) is 2.91. The Morgan fingerprint density at radius 3 is 2.88 bits per heavy atom. The van der Waals surface area contributed by atoms with Crippen molar-refractivity contribution in [3.63, 3.8) is 0 Å². The Morgan fingerprint density at radius 1 is 1.50 bits per heavy atom. The number of aromatic nitrogens is 4. The molecule has 4 atom stereocenters. The Bertz CT molecular complexity index is 745. The van der Waals surface area contributed by atoms with Gasteiger partial charge in [-0.05, 0) is 27.7 Å². The third-order valence-electron chi connectivity index (χ3n) is 4.18. The maximum atomic E-state index is 10.8. The van der Waals surface area contributed by atoms with E-state index in [2.05, 4.69) is 15.1 Å². The van der Waals surface area contributed by atoms with Crippen LogP contribution in [0.5, 0.6) is 0 Å². The Kier molecular flexibility index (Phi) is 4.20. The Balaban J connectivity index is 1.97. The van der Waals surface area contributed by atoms with Gasteiger partial charge >= 0.3 is 0 Å². The van der Waals surface area contributed by atoms with Crippen molar-refractivity contribution < 1.29 is 19.7 Å². The van der Waals surface area contributed by atoms with E-state index in [0.717, 1.165) is 0 Å². The molecule has 0 aromatic carbocycles. The lowest BCUT2D eigenvalue weighted by atomic mass is 9.91. The summed E-state index contributed by atoms with van der Waals surface area (Å²) in [4.78, 5) is 8.27. The van der Waals surface area contributed by atoms with Gasteiger partial charge in [0.25, 0.3) is 0 Å². The molecule has 0 spiro atoms. The molecule has 1 aliphatic rings. The first-order valence-corrected chi connectivity index (χ1v) is 7.87. The van der Waals surface area contributed by atoms with Gasteiger partial charge in [0.2, 0.25) is 0 Å². The van der Waals surface area contributed by atoms with Crippen molar-refractivity contribution in [3.8, 4) is 0 Å². The molecule has 0 unspecified atom stereocenters. The second-order valence-electron chi connectivity index (χ2n) is 6.57. The number of hydrogen-bond donors (Lipinski definition) is 3. The van der Waals surface area contributed by atoms with E-state index in [1.807, 2.05) is 13.8 Å². The smallest absolute Gasteiger partial charge is 0.196 e. The molecule has 0 bridgehead atoms. The summed E-state index contributed by atoms with van der Waals surface area (Å²) >= 11 is 0. The maximum Gasteiger partial charge on any atom is 0.196 e. The summed E-state index contributed by atoms with van der Waals surface area (Å²) in [5, 5.41) is 25.5. The maximum absolute atomic E-state index is 10.8. The first-order chi connectivity index (χ1) is 11.2. The zero-order valence-corrected chi connectivity index (χ0v) is 14.2. The number of aliphatic hydroxyl groups is 2. The number of nitrogens with two attached hydrogens (primary N) is 1. The van der Waals surface area contributed by atoms with Gasteiger partial charge in [-0.1, -0.05) is 0 Å². The quantitative estimate of drug-likeness (QED) is 0.711. The molecule has 4 N–H and O–H groups in total. The fraction of sp³-hybridized carbons (Fsp3) is 0.667. The lowest BCUT2D eigenvalue weighted by molar-refractivity contribution is -0.0665. The fourth-order valence-corrected chi connectivity index (χ4v) is 2.91. The van der Waals surface area contributed by atoms with Crippen LogP contribution in [-0.2, 0) is 9.47 Å². The van der Waals surface area contributed by atoms with Gasteiger partial charge in [0.05, 0.1) is 24.6 Å². The summed E-state index contributed by atoms with van der Waals surface area (Å²) in [6, 6.07) is 0. The largest absolute Gasteiger partial charge is 0.387 e. The molecule has 1 aliphatic heterocycles. The molecule has 2 aromatic rings. The van der Waals surface area contributed by atoms with Crippen molar-refractivity contribution in [2.75, 3.05) is 12.3 Å². The van der Waals surface area contributed by atoms with Crippen molar-refractivity contribution in [2.24, 2.45) is 0 Å². The monoisotopic (exact) mass is 337 g/mol. The number of aryl methyl sites for hydroxylation is 1. The molecule has 132 valence electrons. The number of rotatable bonds is 4. The summed E-state index contributed by atoms with van der Waals surface area (Å²) in [5.74, 6) is 0.712. The Hall–Kier alpha value is -1.81. The molecule has 1 fully saturated rings. The zero-order chi connectivity index (χ0) is 17.6. The van der Waals surface area contributed by atoms with Crippen LogP contribution in [0.15, 0.2) is 6.20 Å². The van der Waals surface area contributed by atoms with Gasteiger partial charge in [-0.25, -0.2) is 14.5 Å². The first-order valence-electron chi connectivity index (χ1n) is 7.87. The van der Waals surface area contributed by atoms with E-state index in [4.69, 9.17) is 15.2 Å². The van der Waals surface area contributed by atoms with Gasteiger partial charge in [0.15, 0.2) is 11.5 Å². The van der Waals surface area contributed by atoms with Crippen LogP contribution in [0.4, 0.5) is 5.82 Å². The number of anilines is 1. The summed E-state index contributed by atoms with van der Waals surface area (Å²) in [6.45, 7) is 7.20. The molecule has 0 aliphatic carbocycles. The third-order valence-corrected chi connectivity index (χ3v) is 4.18. The molecule has 0 radical (unpaired) electrons. The average Bonchev–Trinajstić information content (AvgIpc) is 2.98. The molecular formula is C15H23N5O4. The molecule has 2 aromatic heterocycles. The third kappa shape index (κ3) is 2.73. The lowest BCUT2D eigenvalue weighted by Crippen LogP contribution is -2.43. The van der Waals surface area contributed by atoms with E-state index in [0.29, 0.717) is 17.2 Å². The SMILES string of the molecule is Cc1nc(N)c2ncc([C@@H]3O[C@H](COC(C)C)[C@@H](O)[C@@]3(C)O)n2n1. The molecule has 24 heavy (non-hydrogen) atoms. The molecule has 0 saturated carbocycles. The van der Waals surface area contributed by atoms with Crippen LogP contribution in [0.25, 0.3) is 5.65 Å². The first kappa shape index (κ1) is 17.0. The van der Waals surface area contributed by atoms with Gasteiger partial charge < -0.3 is 25.4 Å². The number of nitrogen functional groups attached to an aromatic ring is 1. The van der Waals surface area contributed by atoms with Gasteiger partial charge in [-0.15, -0.1) is 0 Å². The van der Waals surface area contributed by atoms with Crippen molar-refractivity contribution in [1.82, 2.24) is 19.6 Å². The predicted octanol–water partition coefficient (Wildman–Crippen LogP) is -0.00828.